The summed E-state index contributed by atoms with van der Waals surface area (Å²) in [5.74, 6) is 2.06. The van der Waals surface area contributed by atoms with E-state index >= 15 is 0 Å². The molecule has 0 N–H and O–H groups in total. The monoisotopic (exact) mass is 412 g/mol. The molecule has 28 heavy (non-hydrogen) atoms. The summed E-state index contributed by atoms with van der Waals surface area (Å²) in [6.07, 6.45) is 0.903. The van der Waals surface area contributed by atoms with Crippen molar-refractivity contribution in [1.29, 1.82) is 0 Å². The summed E-state index contributed by atoms with van der Waals surface area (Å²) in [6, 6.07) is 3.67. The predicted octanol–water partition coefficient (Wildman–Crippen LogP) is 0.586. The summed E-state index contributed by atoms with van der Waals surface area (Å²) in [5.41, 5.74) is 0.745. The van der Waals surface area contributed by atoms with E-state index in [9.17, 15) is 13.2 Å². The molecule has 2 fully saturated rings. The van der Waals surface area contributed by atoms with Gasteiger partial charge in [0.15, 0.2) is 21.3 Å². The van der Waals surface area contributed by atoms with E-state index in [0.717, 1.165) is 5.56 Å². The first-order valence-electron chi connectivity index (χ1n) is 9.38. The van der Waals surface area contributed by atoms with Crippen molar-refractivity contribution in [2.75, 3.05) is 59.0 Å². The second-order valence-electron chi connectivity index (χ2n) is 7.14. The molecule has 0 bridgehead atoms. The van der Waals surface area contributed by atoms with Crippen LogP contribution in [0.5, 0.6) is 17.2 Å². The third-order valence-corrected chi connectivity index (χ3v) is 7.27. The number of amides is 1. The summed E-state index contributed by atoms with van der Waals surface area (Å²) in [6.45, 7) is 2.61. The SMILES string of the molecule is COc1ccc(CC(=O)N2CCN([C@H]3CCS(=O)(=O)C3)CC2)c(OC)c1OC. The minimum atomic E-state index is -2.89. The summed E-state index contributed by atoms with van der Waals surface area (Å²) < 4.78 is 39.5. The zero-order valence-electron chi connectivity index (χ0n) is 16.6. The van der Waals surface area contributed by atoms with Crippen LogP contribution in [0.4, 0.5) is 0 Å². The number of nitrogens with zero attached hydrogens (tertiary/aromatic N) is 2. The van der Waals surface area contributed by atoms with Crippen molar-refractivity contribution in [3.8, 4) is 17.2 Å². The van der Waals surface area contributed by atoms with Crippen LogP contribution in [0.1, 0.15) is 12.0 Å². The van der Waals surface area contributed by atoms with Crippen LogP contribution in [-0.4, -0.2) is 89.2 Å². The minimum Gasteiger partial charge on any atom is -0.493 e. The molecular formula is C19H28N2O6S. The average Bonchev–Trinajstić information content (AvgIpc) is 3.07. The molecule has 3 rings (SSSR count). The lowest BCUT2D eigenvalue weighted by Crippen LogP contribution is -2.52. The lowest BCUT2D eigenvalue weighted by molar-refractivity contribution is -0.132. The Hall–Kier alpha value is -2.00. The van der Waals surface area contributed by atoms with Gasteiger partial charge < -0.3 is 19.1 Å². The lowest BCUT2D eigenvalue weighted by Gasteiger charge is -2.37. The van der Waals surface area contributed by atoms with Crippen molar-refractivity contribution in [2.24, 2.45) is 0 Å². The number of methoxy groups -OCH3 is 3. The second-order valence-corrected chi connectivity index (χ2v) is 9.37. The summed E-state index contributed by atoms with van der Waals surface area (Å²) in [4.78, 5) is 16.8. The largest absolute Gasteiger partial charge is 0.493 e. The van der Waals surface area contributed by atoms with Crippen molar-refractivity contribution in [3.63, 3.8) is 0 Å². The minimum absolute atomic E-state index is 0.0178. The molecule has 1 atom stereocenters. The molecule has 0 aromatic heterocycles. The van der Waals surface area contributed by atoms with Crippen molar-refractivity contribution in [1.82, 2.24) is 9.80 Å². The van der Waals surface area contributed by atoms with Gasteiger partial charge in [-0.25, -0.2) is 8.42 Å². The first-order chi connectivity index (χ1) is 13.4. The number of sulfone groups is 1. The maximum absolute atomic E-state index is 12.8. The number of hydrogen-bond acceptors (Lipinski definition) is 7. The average molecular weight is 413 g/mol. The Kier molecular flexibility index (Phi) is 6.34. The van der Waals surface area contributed by atoms with Gasteiger partial charge in [0.05, 0.1) is 39.3 Å². The number of rotatable bonds is 6. The van der Waals surface area contributed by atoms with E-state index in [1.807, 2.05) is 11.0 Å². The standard InChI is InChI=1S/C19H28N2O6S/c1-25-16-5-4-14(18(26-2)19(16)27-3)12-17(22)21-9-7-20(8-10-21)15-6-11-28(23,24)13-15/h4-5,15H,6-13H2,1-3H3/t15-/m0/s1. The first-order valence-corrected chi connectivity index (χ1v) is 11.2. The van der Waals surface area contributed by atoms with Crippen LogP contribution in [0.15, 0.2) is 12.1 Å². The molecule has 1 aromatic carbocycles. The summed E-state index contributed by atoms with van der Waals surface area (Å²) in [5, 5.41) is 0. The summed E-state index contributed by atoms with van der Waals surface area (Å²) >= 11 is 0. The molecule has 2 aliphatic heterocycles. The van der Waals surface area contributed by atoms with Gasteiger partial charge in [0.1, 0.15) is 0 Å². The maximum Gasteiger partial charge on any atom is 0.227 e. The third-order valence-electron chi connectivity index (χ3n) is 5.52. The molecule has 2 aliphatic rings. The van der Waals surface area contributed by atoms with Crippen LogP contribution in [0.25, 0.3) is 0 Å². The number of benzene rings is 1. The smallest absolute Gasteiger partial charge is 0.227 e. The maximum atomic E-state index is 12.8. The Morgan fingerprint density at radius 3 is 2.25 bits per heavy atom. The molecule has 1 amide bonds. The fraction of sp³-hybridized carbons (Fsp3) is 0.632. The van der Waals surface area contributed by atoms with Gasteiger partial charge in [-0.1, -0.05) is 6.07 Å². The molecule has 0 unspecified atom stereocenters. The number of carbonyl (C=O) groups is 1. The molecular weight excluding hydrogens is 384 g/mol. The fourth-order valence-electron chi connectivity index (χ4n) is 3.98. The first kappa shape index (κ1) is 20.7. The zero-order valence-corrected chi connectivity index (χ0v) is 17.5. The van der Waals surface area contributed by atoms with E-state index in [-0.39, 0.29) is 29.9 Å². The molecule has 0 spiro atoms. The molecule has 9 heteroatoms. The highest BCUT2D eigenvalue weighted by Crippen LogP contribution is 2.40. The van der Waals surface area contributed by atoms with Crippen molar-refractivity contribution < 1.29 is 27.4 Å². The van der Waals surface area contributed by atoms with E-state index in [4.69, 9.17) is 14.2 Å². The van der Waals surface area contributed by atoms with E-state index in [1.165, 1.54) is 7.11 Å². The Morgan fingerprint density at radius 1 is 1.04 bits per heavy atom. The van der Waals surface area contributed by atoms with Gasteiger partial charge in [-0.05, 0) is 12.5 Å². The number of ether oxygens (including phenoxy) is 3. The Morgan fingerprint density at radius 2 is 1.71 bits per heavy atom. The van der Waals surface area contributed by atoms with Crippen LogP contribution < -0.4 is 14.2 Å². The van der Waals surface area contributed by atoms with E-state index < -0.39 is 9.84 Å². The van der Waals surface area contributed by atoms with Gasteiger partial charge in [-0.3, -0.25) is 9.69 Å². The van der Waals surface area contributed by atoms with Gasteiger partial charge >= 0.3 is 0 Å². The topological polar surface area (TPSA) is 85.4 Å². The second kappa shape index (κ2) is 8.57. The van der Waals surface area contributed by atoms with Crippen LogP contribution >= 0.6 is 0 Å². The van der Waals surface area contributed by atoms with Gasteiger partial charge in [0, 0.05) is 37.8 Å². The molecule has 2 saturated heterocycles. The molecule has 0 saturated carbocycles. The molecule has 8 nitrogen and oxygen atoms in total. The van der Waals surface area contributed by atoms with Gasteiger partial charge in [0.2, 0.25) is 11.7 Å². The highest BCUT2D eigenvalue weighted by molar-refractivity contribution is 7.91. The molecule has 0 aliphatic carbocycles. The van der Waals surface area contributed by atoms with Crippen LogP contribution in [0.2, 0.25) is 0 Å². The van der Waals surface area contributed by atoms with Crippen molar-refractivity contribution in [3.05, 3.63) is 17.7 Å². The third kappa shape index (κ3) is 4.35. The zero-order chi connectivity index (χ0) is 20.3. The Bertz CT molecular complexity index is 818. The highest BCUT2D eigenvalue weighted by atomic mass is 32.2. The van der Waals surface area contributed by atoms with Gasteiger partial charge in [0.25, 0.3) is 0 Å². The lowest BCUT2D eigenvalue weighted by atomic mass is 10.1. The van der Waals surface area contributed by atoms with E-state index in [2.05, 4.69) is 4.90 Å². The van der Waals surface area contributed by atoms with Crippen molar-refractivity contribution in [2.45, 2.75) is 18.9 Å². The summed E-state index contributed by atoms with van der Waals surface area (Å²) in [7, 11) is 1.74. The van der Waals surface area contributed by atoms with Crippen LogP contribution in [0, 0.1) is 0 Å². The van der Waals surface area contributed by atoms with Crippen molar-refractivity contribution >= 4 is 15.7 Å². The molecule has 2 heterocycles. The van der Waals surface area contributed by atoms with E-state index in [0.29, 0.717) is 49.8 Å². The normalized spacial score (nSPS) is 22.1. The quantitative estimate of drug-likeness (QED) is 0.676. The Balaban J connectivity index is 1.62. The molecule has 1 aromatic rings. The van der Waals surface area contributed by atoms with Gasteiger partial charge in [-0.2, -0.15) is 0 Å². The number of hydrogen-bond donors (Lipinski definition) is 0. The highest BCUT2D eigenvalue weighted by Gasteiger charge is 2.34. The fourth-order valence-corrected chi connectivity index (χ4v) is 5.74. The molecule has 0 radical (unpaired) electrons. The van der Waals surface area contributed by atoms with Gasteiger partial charge in [-0.15, -0.1) is 0 Å². The number of carbonyl (C=O) groups excluding carboxylic acids is 1. The van der Waals surface area contributed by atoms with E-state index in [1.54, 1.807) is 20.3 Å². The van der Waals surface area contributed by atoms with Crippen LogP contribution in [-0.2, 0) is 21.1 Å². The molecule has 156 valence electrons. The van der Waals surface area contributed by atoms with Crippen LogP contribution in [0.3, 0.4) is 0 Å². The predicted molar refractivity (Wildman–Crippen MR) is 105 cm³/mol. The Labute approximate surface area is 166 Å². The number of piperazine rings is 1.